The van der Waals surface area contributed by atoms with Gasteiger partial charge in [0.25, 0.3) is 0 Å². The highest BCUT2D eigenvalue weighted by Gasteiger charge is 2.38. The number of amides is 2. The van der Waals surface area contributed by atoms with Crippen LogP contribution in [0.2, 0.25) is 0 Å². The predicted octanol–water partition coefficient (Wildman–Crippen LogP) is 4.22. The summed E-state index contributed by atoms with van der Waals surface area (Å²) in [7, 11) is 2.88. The lowest BCUT2D eigenvalue weighted by atomic mass is 9.91. The van der Waals surface area contributed by atoms with E-state index in [-0.39, 0.29) is 5.69 Å². The lowest BCUT2D eigenvalue weighted by molar-refractivity contribution is -0.167. The summed E-state index contributed by atoms with van der Waals surface area (Å²) in [5.41, 5.74) is 2.83. The third-order valence-electron chi connectivity index (χ3n) is 4.11. The number of aryl methyl sites for hydroxylation is 2. The summed E-state index contributed by atoms with van der Waals surface area (Å²) in [6, 6.07) is 6.59. The van der Waals surface area contributed by atoms with Crippen molar-refractivity contribution in [2.45, 2.75) is 19.0 Å². The van der Waals surface area contributed by atoms with E-state index in [1.54, 1.807) is 13.1 Å². The number of carbonyl (C=O) groups excluding carboxylic acids is 2. The number of fused-ring (bicyclic) bond motifs is 3. The first-order valence-electron chi connectivity index (χ1n) is 7.66. The number of carbonyl (C=O) groups is 2. The molecule has 2 aromatic rings. The van der Waals surface area contributed by atoms with Gasteiger partial charge in [-0.2, -0.15) is 13.2 Å². The van der Waals surface area contributed by atoms with E-state index in [4.69, 9.17) is 4.74 Å². The van der Waals surface area contributed by atoms with E-state index in [9.17, 15) is 22.8 Å². The van der Waals surface area contributed by atoms with E-state index in [0.717, 1.165) is 34.4 Å². The Kier molecular flexibility index (Phi) is 4.66. The van der Waals surface area contributed by atoms with Gasteiger partial charge in [0.1, 0.15) is 5.00 Å². The molecule has 1 aromatic heterocycles. The van der Waals surface area contributed by atoms with Gasteiger partial charge in [0.2, 0.25) is 0 Å². The number of ether oxygens (including phenoxy) is 1. The van der Waals surface area contributed by atoms with Gasteiger partial charge in [0, 0.05) is 17.6 Å². The largest absolute Gasteiger partial charge is 0.471 e. The minimum atomic E-state index is -4.94. The number of nitrogens with zero attached hydrogens (tertiary/aromatic N) is 1. The summed E-state index contributed by atoms with van der Waals surface area (Å²) in [6.07, 6.45) is -3.95. The molecule has 1 heterocycles. The molecule has 9 heteroatoms. The number of thiophene rings is 1. The molecular formula is C17H15F3N2O3S. The number of hydrogen-bond donors (Lipinski definition) is 1. The van der Waals surface area contributed by atoms with Crippen LogP contribution < -0.4 is 10.2 Å². The molecule has 1 N–H and O–H groups in total. The van der Waals surface area contributed by atoms with Gasteiger partial charge in [0.15, 0.2) is 0 Å². The molecular weight excluding hydrogens is 369 g/mol. The second kappa shape index (κ2) is 6.64. The number of methoxy groups -OCH3 is 1. The summed E-state index contributed by atoms with van der Waals surface area (Å²) < 4.78 is 42.1. The first kappa shape index (κ1) is 18.2. The van der Waals surface area contributed by atoms with Crippen molar-refractivity contribution in [3.05, 3.63) is 35.4 Å². The monoisotopic (exact) mass is 384 g/mol. The Hall–Kier alpha value is -2.55. The normalized spacial score (nSPS) is 12.8. The number of alkyl halides is 3. The van der Waals surface area contributed by atoms with Crippen LogP contribution in [0, 0.1) is 0 Å². The van der Waals surface area contributed by atoms with E-state index in [1.807, 2.05) is 11.4 Å². The van der Waals surface area contributed by atoms with Gasteiger partial charge in [-0.05, 0) is 47.7 Å². The van der Waals surface area contributed by atoms with Gasteiger partial charge in [0.05, 0.1) is 7.11 Å². The Morgan fingerprint density at radius 3 is 2.54 bits per heavy atom. The van der Waals surface area contributed by atoms with Crippen LogP contribution in [-0.4, -0.2) is 32.3 Å². The fourth-order valence-corrected chi connectivity index (χ4v) is 3.99. The van der Waals surface area contributed by atoms with Crippen molar-refractivity contribution in [1.29, 1.82) is 0 Å². The van der Waals surface area contributed by atoms with Gasteiger partial charge in [-0.25, -0.2) is 4.79 Å². The average molecular weight is 384 g/mol. The minimum Gasteiger partial charge on any atom is -0.452 e. The number of rotatable bonds is 2. The molecule has 2 amide bonds. The molecule has 0 radical (unpaired) electrons. The van der Waals surface area contributed by atoms with Crippen LogP contribution in [0.25, 0.3) is 10.4 Å². The van der Waals surface area contributed by atoms with Crippen LogP contribution in [0.15, 0.2) is 24.3 Å². The summed E-state index contributed by atoms with van der Waals surface area (Å²) in [6.45, 7) is 0. The smallest absolute Gasteiger partial charge is 0.452 e. The van der Waals surface area contributed by atoms with E-state index < -0.39 is 18.2 Å². The van der Waals surface area contributed by atoms with Gasteiger partial charge in [-0.15, -0.1) is 11.3 Å². The van der Waals surface area contributed by atoms with Gasteiger partial charge < -0.3 is 10.1 Å². The zero-order chi connectivity index (χ0) is 19.1. The van der Waals surface area contributed by atoms with E-state index >= 15 is 0 Å². The Bertz CT molecular complexity index is 877. The van der Waals surface area contributed by atoms with E-state index in [0.29, 0.717) is 5.00 Å². The van der Waals surface area contributed by atoms with Crippen molar-refractivity contribution in [2.24, 2.45) is 0 Å². The van der Waals surface area contributed by atoms with Gasteiger partial charge >= 0.3 is 18.2 Å². The predicted molar refractivity (Wildman–Crippen MR) is 92.7 cm³/mol. The molecule has 3 rings (SSSR count). The molecule has 1 aliphatic rings. The van der Waals surface area contributed by atoms with Gasteiger partial charge in [-0.1, -0.05) is 6.07 Å². The fraction of sp³-hybridized carbons (Fsp3) is 0.294. The van der Waals surface area contributed by atoms with Crippen molar-refractivity contribution < 1.29 is 27.5 Å². The van der Waals surface area contributed by atoms with Crippen molar-refractivity contribution >= 4 is 34.0 Å². The lowest BCUT2D eigenvalue weighted by Crippen LogP contribution is -2.29. The Labute approximate surface area is 151 Å². The first-order valence-corrected chi connectivity index (χ1v) is 8.48. The van der Waals surface area contributed by atoms with Crippen LogP contribution in [0.5, 0.6) is 0 Å². The molecule has 0 saturated heterocycles. The fourth-order valence-electron chi connectivity index (χ4n) is 2.77. The molecule has 0 spiro atoms. The first-order chi connectivity index (χ1) is 12.2. The summed E-state index contributed by atoms with van der Waals surface area (Å²) in [5, 5.41) is 2.56. The van der Waals surface area contributed by atoms with Crippen molar-refractivity contribution in [3.8, 4) is 10.4 Å². The topological polar surface area (TPSA) is 58.6 Å². The van der Waals surface area contributed by atoms with Crippen LogP contribution in [0.1, 0.15) is 11.1 Å². The van der Waals surface area contributed by atoms with E-state index in [2.05, 4.69) is 0 Å². The highest BCUT2D eigenvalue weighted by molar-refractivity contribution is 7.19. The zero-order valence-electron chi connectivity index (χ0n) is 13.9. The second-order valence-corrected chi connectivity index (χ2v) is 6.82. The molecule has 0 atom stereocenters. The minimum absolute atomic E-state index is 0.0789. The van der Waals surface area contributed by atoms with E-state index in [1.165, 1.54) is 35.5 Å². The Morgan fingerprint density at radius 1 is 1.19 bits per heavy atom. The van der Waals surface area contributed by atoms with Crippen molar-refractivity contribution in [2.75, 3.05) is 24.4 Å². The third-order valence-corrected chi connectivity index (χ3v) is 5.40. The molecule has 0 saturated carbocycles. The van der Waals surface area contributed by atoms with Gasteiger partial charge in [-0.3, -0.25) is 9.69 Å². The number of benzene rings is 1. The van der Waals surface area contributed by atoms with Crippen LogP contribution >= 0.6 is 11.3 Å². The molecule has 5 nitrogen and oxygen atoms in total. The number of nitrogens with one attached hydrogen (secondary N) is 1. The van der Waals surface area contributed by atoms with Crippen molar-refractivity contribution in [1.82, 2.24) is 0 Å². The highest BCUT2D eigenvalue weighted by Crippen LogP contribution is 2.43. The summed E-state index contributed by atoms with van der Waals surface area (Å²) in [5.74, 6) is -2.01. The molecule has 138 valence electrons. The maximum atomic E-state index is 12.5. The Morgan fingerprint density at radius 2 is 1.88 bits per heavy atom. The lowest BCUT2D eigenvalue weighted by Gasteiger charge is -2.17. The standard InChI is InChI=1S/C17H15F3N2O3S/c1-22(16(24)25-2)13-7-10-4-3-9-5-6-11(8-12(9)14(10)26-13)21-15(23)17(18,19)20/h5-8H,3-4H2,1-2H3,(H,21,23). The molecule has 0 bridgehead atoms. The summed E-state index contributed by atoms with van der Waals surface area (Å²) >= 11 is 1.35. The third kappa shape index (κ3) is 3.39. The SMILES string of the molecule is COC(=O)N(C)c1cc2c(s1)-c1cc(NC(=O)C(F)(F)F)ccc1CC2. The quantitative estimate of drug-likeness (QED) is 0.844. The molecule has 26 heavy (non-hydrogen) atoms. The molecule has 0 unspecified atom stereocenters. The Balaban J connectivity index is 1.95. The maximum Gasteiger partial charge on any atom is 0.471 e. The zero-order valence-corrected chi connectivity index (χ0v) is 14.8. The number of anilines is 2. The number of hydrogen-bond acceptors (Lipinski definition) is 4. The van der Waals surface area contributed by atoms with Crippen LogP contribution in [-0.2, 0) is 22.4 Å². The van der Waals surface area contributed by atoms with Crippen LogP contribution in [0.3, 0.4) is 0 Å². The second-order valence-electron chi connectivity index (χ2n) is 5.79. The number of halogens is 3. The molecule has 1 aromatic carbocycles. The molecule has 0 aliphatic heterocycles. The maximum absolute atomic E-state index is 12.5. The summed E-state index contributed by atoms with van der Waals surface area (Å²) in [4.78, 5) is 25.1. The average Bonchev–Trinajstić information content (AvgIpc) is 3.04. The van der Waals surface area contributed by atoms with Crippen molar-refractivity contribution in [3.63, 3.8) is 0 Å². The molecule has 1 aliphatic carbocycles. The van der Waals surface area contributed by atoms with Crippen LogP contribution in [0.4, 0.5) is 28.7 Å². The highest BCUT2D eigenvalue weighted by atomic mass is 32.1. The molecule has 0 fully saturated rings.